The molecule has 0 aliphatic rings. The topological polar surface area (TPSA) is 29.1 Å². The molecule has 1 N–H and O–H groups in total. The molecule has 0 atom stereocenters. The van der Waals surface area contributed by atoms with Crippen molar-refractivity contribution in [2.75, 3.05) is 12.8 Å². The molecule has 0 aliphatic heterocycles. The number of rotatable bonds is 5. The van der Waals surface area contributed by atoms with Crippen LogP contribution in [-0.4, -0.2) is 18.6 Å². The number of hydrogen-bond acceptors (Lipinski definition) is 3. The second-order valence-electron chi connectivity index (χ2n) is 2.97. The molecule has 0 aromatic heterocycles. The molecule has 0 heterocycles. The van der Waals surface area contributed by atoms with Crippen LogP contribution in [0, 0.1) is 0 Å². The van der Waals surface area contributed by atoms with E-state index in [0.717, 1.165) is 17.1 Å². The molecule has 0 saturated heterocycles. The summed E-state index contributed by atoms with van der Waals surface area (Å²) < 4.78 is 0. The number of hydrogen-bond donors (Lipinski definition) is 1. The van der Waals surface area contributed by atoms with Gasteiger partial charge in [0.05, 0.1) is 5.03 Å². The molecule has 15 heavy (non-hydrogen) atoms. The third kappa shape index (κ3) is 3.80. The van der Waals surface area contributed by atoms with Crippen molar-refractivity contribution in [3.63, 3.8) is 0 Å². The Bertz CT molecular complexity index is 346. The van der Waals surface area contributed by atoms with Crippen LogP contribution in [0.2, 0.25) is 0 Å². The van der Waals surface area contributed by atoms with Crippen LogP contribution in [0.15, 0.2) is 41.4 Å². The third-order valence-electron chi connectivity index (χ3n) is 1.89. The van der Waals surface area contributed by atoms with Crippen LogP contribution in [0.3, 0.4) is 0 Å². The summed E-state index contributed by atoms with van der Waals surface area (Å²) in [5.41, 5.74) is 0.724. The molecule has 1 aromatic carbocycles. The van der Waals surface area contributed by atoms with Gasteiger partial charge in [0.15, 0.2) is 5.78 Å². The van der Waals surface area contributed by atoms with E-state index >= 15 is 0 Å². The highest BCUT2D eigenvalue weighted by atomic mass is 32.2. The van der Waals surface area contributed by atoms with Crippen LogP contribution >= 0.6 is 11.8 Å². The molecular weight excluding hydrogens is 206 g/mol. The first-order chi connectivity index (χ1) is 7.27. The number of nitrogens with one attached hydrogen (secondary N) is 1. The molecule has 0 amide bonds. The molecule has 1 aromatic rings. The second-order valence-corrected chi connectivity index (χ2v) is 3.82. The van der Waals surface area contributed by atoms with Crippen molar-refractivity contribution in [2.45, 2.75) is 6.92 Å². The van der Waals surface area contributed by atoms with E-state index in [-0.39, 0.29) is 5.78 Å². The van der Waals surface area contributed by atoms with E-state index in [1.54, 1.807) is 17.8 Å². The maximum Gasteiger partial charge on any atom is 0.188 e. The van der Waals surface area contributed by atoms with Crippen LogP contribution in [-0.2, 0) is 0 Å². The molecule has 0 aliphatic carbocycles. The zero-order chi connectivity index (χ0) is 11.1. The quantitative estimate of drug-likeness (QED) is 0.612. The zero-order valence-electron chi connectivity index (χ0n) is 8.99. The minimum atomic E-state index is 0.0425. The normalized spacial score (nSPS) is 11.2. The van der Waals surface area contributed by atoms with Gasteiger partial charge in [-0.3, -0.25) is 4.79 Å². The van der Waals surface area contributed by atoms with E-state index in [2.05, 4.69) is 5.32 Å². The van der Waals surface area contributed by atoms with Crippen LogP contribution in [0.25, 0.3) is 0 Å². The highest BCUT2D eigenvalue weighted by molar-refractivity contribution is 8.02. The molecule has 0 saturated carbocycles. The Balaban J connectivity index is 2.77. The zero-order valence-corrected chi connectivity index (χ0v) is 9.80. The fourth-order valence-corrected chi connectivity index (χ4v) is 1.67. The second kappa shape index (κ2) is 6.30. The number of ketones is 1. The largest absolute Gasteiger partial charge is 0.380 e. The van der Waals surface area contributed by atoms with E-state index in [4.69, 9.17) is 0 Å². The molecule has 2 nitrogen and oxygen atoms in total. The van der Waals surface area contributed by atoms with Crippen molar-refractivity contribution in [3.8, 4) is 0 Å². The molecule has 3 heteroatoms. The average molecular weight is 221 g/mol. The third-order valence-corrected chi connectivity index (χ3v) is 2.59. The first kappa shape index (κ1) is 11.9. The Morgan fingerprint density at radius 2 is 2.07 bits per heavy atom. The van der Waals surface area contributed by atoms with Gasteiger partial charge in [0.1, 0.15) is 0 Å². The van der Waals surface area contributed by atoms with Gasteiger partial charge in [-0.1, -0.05) is 30.3 Å². The first-order valence-electron chi connectivity index (χ1n) is 4.87. The van der Waals surface area contributed by atoms with Gasteiger partial charge in [-0.2, -0.15) is 0 Å². The summed E-state index contributed by atoms with van der Waals surface area (Å²) in [6.45, 7) is 2.84. The number of benzene rings is 1. The van der Waals surface area contributed by atoms with E-state index in [1.165, 1.54) is 0 Å². The molecule has 0 fully saturated rings. The fourth-order valence-electron chi connectivity index (χ4n) is 1.16. The maximum atomic E-state index is 11.8. The van der Waals surface area contributed by atoms with Crippen molar-refractivity contribution in [2.24, 2.45) is 0 Å². The summed E-state index contributed by atoms with van der Waals surface area (Å²) in [7, 11) is 0. The SMILES string of the molecule is CCN/C(=C/C(=O)c1ccccc1)SC. The van der Waals surface area contributed by atoms with Gasteiger partial charge in [-0.15, -0.1) is 11.8 Å². The van der Waals surface area contributed by atoms with Crippen LogP contribution in [0.5, 0.6) is 0 Å². The smallest absolute Gasteiger partial charge is 0.188 e. The highest BCUT2D eigenvalue weighted by Crippen LogP contribution is 2.10. The van der Waals surface area contributed by atoms with Crippen molar-refractivity contribution < 1.29 is 4.79 Å². The molecule has 0 spiro atoms. The summed E-state index contributed by atoms with van der Waals surface area (Å²) >= 11 is 1.55. The minimum Gasteiger partial charge on any atom is -0.380 e. The number of thioether (sulfide) groups is 1. The first-order valence-corrected chi connectivity index (χ1v) is 6.09. The molecule has 1 rings (SSSR count). The Hall–Kier alpha value is -1.22. The van der Waals surface area contributed by atoms with Crippen LogP contribution in [0.4, 0.5) is 0 Å². The Morgan fingerprint density at radius 1 is 1.40 bits per heavy atom. The van der Waals surface area contributed by atoms with Crippen LogP contribution < -0.4 is 5.32 Å². The van der Waals surface area contributed by atoms with Crippen molar-refractivity contribution in [3.05, 3.63) is 47.0 Å². The maximum absolute atomic E-state index is 11.8. The lowest BCUT2D eigenvalue weighted by Gasteiger charge is -2.04. The lowest BCUT2D eigenvalue weighted by Crippen LogP contribution is -2.11. The monoisotopic (exact) mass is 221 g/mol. The van der Waals surface area contributed by atoms with Gasteiger partial charge in [-0.25, -0.2) is 0 Å². The lowest BCUT2D eigenvalue weighted by molar-refractivity contribution is 0.104. The molecular formula is C12H15NOS. The number of carbonyl (C=O) groups is 1. The number of allylic oxidation sites excluding steroid dienone is 1. The fraction of sp³-hybridized carbons (Fsp3) is 0.250. The predicted molar refractivity (Wildman–Crippen MR) is 66.0 cm³/mol. The minimum absolute atomic E-state index is 0.0425. The molecule has 0 radical (unpaired) electrons. The molecule has 80 valence electrons. The van der Waals surface area contributed by atoms with Gasteiger partial charge >= 0.3 is 0 Å². The van der Waals surface area contributed by atoms with Gasteiger partial charge in [0, 0.05) is 18.2 Å². The van der Waals surface area contributed by atoms with Crippen molar-refractivity contribution in [1.82, 2.24) is 5.32 Å². The predicted octanol–water partition coefficient (Wildman–Crippen LogP) is 2.68. The summed E-state index contributed by atoms with van der Waals surface area (Å²) in [5, 5.41) is 4.04. The van der Waals surface area contributed by atoms with E-state index < -0.39 is 0 Å². The molecule has 0 unspecified atom stereocenters. The summed E-state index contributed by atoms with van der Waals surface area (Å²) in [6, 6.07) is 9.28. The summed E-state index contributed by atoms with van der Waals surface area (Å²) in [5.74, 6) is 0.0425. The Morgan fingerprint density at radius 3 is 2.60 bits per heavy atom. The van der Waals surface area contributed by atoms with Crippen LogP contribution in [0.1, 0.15) is 17.3 Å². The average Bonchev–Trinajstić information content (AvgIpc) is 2.29. The lowest BCUT2D eigenvalue weighted by atomic mass is 10.1. The Labute approximate surface area is 94.8 Å². The molecule has 0 bridgehead atoms. The number of carbonyl (C=O) groups excluding carboxylic acids is 1. The van der Waals surface area contributed by atoms with E-state index in [1.807, 2.05) is 43.5 Å². The van der Waals surface area contributed by atoms with Gasteiger partial charge in [0.25, 0.3) is 0 Å². The Kier molecular flexibility index (Phi) is 4.98. The van der Waals surface area contributed by atoms with E-state index in [0.29, 0.717) is 0 Å². The van der Waals surface area contributed by atoms with Gasteiger partial charge < -0.3 is 5.32 Å². The van der Waals surface area contributed by atoms with Gasteiger partial charge in [0.2, 0.25) is 0 Å². The van der Waals surface area contributed by atoms with Gasteiger partial charge in [-0.05, 0) is 13.2 Å². The summed E-state index contributed by atoms with van der Waals surface area (Å²) in [6.07, 6.45) is 3.59. The van der Waals surface area contributed by atoms with E-state index in [9.17, 15) is 4.79 Å². The standard InChI is InChI=1S/C12H15NOS/c1-3-13-12(15-2)9-11(14)10-7-5-4-6-8-10/h4-9,13H,3H2,1-2H3/b12-9-. The summed E-state index contributed by atoms with van der Waals surface area (Å²) in [4.78, 5) is 11.8. The van der Waals surface area contributed by atoms with Crippen molar-refractivity contribution >= 4 is 17.5 Å². The highest BCUT2D eigenvalue weighted by Gasteiger charge is 2.02. The van der Waals surface area contributed by atoms with Crippen molar-refractivity contribution in [1.29, 1.82) is 0 Å².